The van der Waals surface area contributed by atoms with Gasteiger partial charge in [0.1, 0.15) is 5.52 Å². The Morgan fingerprint density at radius 3 is 2.65 bits per heavy atom. The fourth-order valence-electron chi connectivity index (χ4n) is 4.85. The van der Waals surface area contributed by atoms with Crippen LogP contribution in [0.25, 0.3) is 11.1 Å². The number of nitrogens with zero attached hydrogens (tertiary/aromatic N) is 2. The summed E-state index contributed by atoms with van der Waals surface area (Å²) >= 11 is 0. The van der Waals surface area contributed by atoms with Crippen molar-refractivity contribution in [2.24, 2.45) is 5.41 Å². The molecule has 2 bridgehead atoms. The molecule has 1 saturated heterocycles. The number of carbonyl (C=O) groups is 1. The van der Waals surface area contributed by atoms with E-state index in [0.717, 1.165) is 21.5 Å². The number of oxazole rings is 1. The molecule has 1 aliphatic carbocycles. The molecule has 2 aromatic rings. The van der Waals surface area contributed by atoms with Crippen LogP contribution in [0.2, 0.25) is 0 Å². The van der Waals surface area contributed by atoms with Crippen molar-refractivity contribution in [1.82, 2.24) is 9.88 Å². The Labute approximate surface area is 149 Å². The Kier molecular flexibility index (Phi) is 3.35. The quantitative estimate of drug-likeness (QED) is 0.704. The first-order valence-electron chi connectivity index (χ1n) is 8.73. The highest BCUT2D eigenvalue weighted by atomic mass is 19.4. The molecule has 0 radical (unpaired) electrons. The number of fused-ring (bicyclic) bond motifs is 5. The average molecular weight is 366 g/mol. The van der Waals surface area contributed by atoms with Crippen molar-refractivity contribution in [1.29, 1.82) is 0 Å². The molecule has 1 amide bonds. The number of aryl methyl sites for hydroxylation is 1. The highest BCUT2D eigenvalue weighted by molar-refractivity contribution is 5.83. The van der Waals surface area contributed by atoms with Gasteiger partial charge in [-0.3, -0.25) is 4.79 Å². The molecule has 140 valence electrons. The van der Waals surface area contributed by atoms with E-state index in [4.69, 9.17) is 4.42 Å². The number of carbonyl (C=O) groups excluding carboxylic acids is 1. The van der Waals surface area contributed by atoms with Crippen molar-refractivity contribution in [3.8, 4) is 0 Å². The van der Waals surface area contributed by atoms with E-state index in [-0.39, 0.29) is 12.0 Å². The van der Waals surface area contributed by atoms with Crippen LogP contribution in [0.4, 0.5) is 13.2 Å². The molecule has 1 aromatic heterocycles. The average Bonchev–Trinajstić information content (AvgIpc) is 2.87. The summed E-state index contributed by atoms with van der Waals surface area (Å²) in [5.41, 5.74) is 2.63. The Morgan fingerprint density at radius 1 is 1.31 bits per heavy atom. The monoisotopic (exact) mass is 366 g/mol. The molecule has 1 unspecified atom stereocenters. The second-order valence-electron chi connectivity index (χ2n) is 8.23. The van der Waals surface area contributed by atoms with Crippen LogP contribution < -0.4 is 0 Å². The third kappa shape index (κ3) is 2.15. The fourth-order valence-corrected chi connectivity index (χ4v) is 4.85. The summed E-state index contributed by atoms with van der Waals surface area (Å²) in [5, 5.41) is 0. The lowest BCUT2D eigenvalue weighted by Gasteiger charge is -2.60. The number of piperidine rings is 1. The number of alkyl halides is 3. The van der Waals surface area contributed by atoms with Gasteiger partial charge in [0.25, 0.3) is 0 Å². The van der Waals surface area contributed by atoms with E-state index >= 15 is 0 Å². The number of halogens is 3. The molecule has 0 spiro atoms. The minimum Gasteiger partial charge on any atom is -0.441 e. The van der Waals surface area contributed by atoms with E-state index in [1.807, 2.05) is 26.0 Å². The van der Waals surface area contributed by atoms with Crippen LogP contribution in [0.15, 0.2) is 16.5 Å². The van der Waals surface area contributed by atoms with Gasteiger partial charge in [-0.15, -0.1) is 0 Å². The van der Waals surface area contributed by atoms with Crippen LogP contribution in [-0.4, -0.2) is 34.6 Å². The number of likely N-dealkylation sites (tertiary alicyclic amines) is 1. The maximum atomic E-state index is 13.1. The maximum Gasteiger partial charge on any atom is 0.471 e. The number of aromatic nitrogens is 1. The third-order valence-electron chi connectivity index (χ3n) is 6.72. The number of amides is 1. The first-order valence-corrected chi connectivity index (χ1v) is 8.73. The molecule has 2 aliphatic rings. The Morgan fingerprint density at radius 2 is 2.00 bits per heavy atom. The first kappa shape index (κ1) is 17.4. The second kappa shape index (κ2) is 5.02. The molecule has 2 atom stereocenters. The van der Waals surface area contributed by atoms with Crippen LogP contribution in [0.1, 0.15) is 44.2 Å². The van der Waals surface area contributed by atoms with Gasteiger partial charge >= 0.3 is 12.1 Å². The van der Waals surface area contributed by atoms with Gasteiger partial charge in [0.05, 0.1) is 0 Å². The van der Waals surface area contributed by atoms with E-state index in [1.54, 1.807) is 6.92 Å². The van der Waals surface area contributed by atoms with Crippen LogP contribution in [0.3, 0.4) is 0 Å². The van der Waals surface area contributed by atoms with Crippen molar-refractivity contribution >= 4 is 17.0 Å². The van der Waals surface area contributed by atoms with Gasteiger partial charge in [-0.1, -0.05) is 20.8 Å². The molecule has 4 rings (SSSR count). The highest BCUT2D eigenvalue weighted by Crippen LogP contribution is 2.56. The number of hydrogen-bond donors (Lipinski definition) is 0. The normalized spacial score (nSPS) is 27.5. The molecule has 1 aromatic carbocycles. The van der Waals surface area contributed by atoms with Crippen molar-refractivity contribution < 1.29 is 22.4 Å². The van der Waals surface area contributed by atoms with Crippen molar-refractivity contribution in [3.63, 3.8) is 0 Å². The predicted octanol–water partition coefficient (Wildman–Crippen LogP) is 4.14. The summed E-state index contributed by atoms with van der Waals surface area (Å²) < 4.78 is 44.9. The lowest BCUT2D eigenvalue weighted by atomic mass is 9.51. The molecule has 1 aliphatic heterocycles. The molecular formula is C19H21F3N2O2. The standard InChI is InChI=1S/C19H21F3N2O2/c1-10-23-13-9-12-11(7-14(13)26-10)8-15-17(2,3)18(12,4)5-6-24(15)16(25)19(20,21)22/h7,9,15H,5-6,8H2,1-4H3/t15-,18?/m1/s1. The van der Waals surface area contributed by atoms with Crippen LogP contribution in [0.5, 0.6) is 0 Å². The number of hydrogen-bond acceptors (Lipinski definition) is 3. The van der Waals surface area contributed by atoms with E-state index in [9.17, 15) is 18.0 Å². The summed E-state index contributed by atoms with van der Waals surface area (Å²) in [6.45, 7) is 7.90. The molecule has 2 heterocycles. The van der Waals surface area contributed by atoms with Crippen molar-refractivity contribution in [2.45, 2.75) is 58.2 Å². The van der Waals surface area contributed by atoms with E-state index in [1.165, 1.54) is 0 Å². The highest BCUT2D eigenvalue weighted by Gasteiger charge is 2.59. The van der Waals surface area contributed by atoms with E-state index in [0.29, 0.717) is 24.3 Å². The van der Waals surface area contributed by atoms with Gasteiger partial charge in [0, 0.05) is 24.9 Å². The summed E-state index contributed by atoms with van der Waals surface area (Å²) in [7, 11) is 0. The van der Waals surface area contributed by atoms with Crippen LogP contribution in [0, 0.1) is 12.3 Å². The molecule has 26 heavy (non-hydrogen) atoms. The lowest BCUT2D eigenvalue weighted by Crippen LogP contribution is -2.66. The zero-order valence-corrected chi connectivity index (χ0v) is 15.2. The minimum atomic E-state index is -4.85. The third-order valence-corrected chi connectivity index (χ3v) is 6.72. The molecule has 0 saturated carbocycles. The molecule has 0 N–H and O–H groups in total. The largest absolute Gasteiger partial charge is 0.471 e. The van der Waals surface area contributed by atoms with Crippen molar-refractivity contribution in [3.05, 3.63) is 29.2 Å². The van der Waals surface area contributed by atoms with Gasteiger partial charge < -0.3 is 9.32 Å². The first-order chi connectivity index (χ1) is 11.9. The Hall–Kier alpha value is -2.05. The Balaban J connectivity index is 1.87. The van der Waals surface area contributed by atoms with Gasteiger partial charge in [0.15, 0.2) is 11.5 Å². The lowest BCUT2D eigenvalue weighted by molar-refractivity contribution is -0.195. The molecular weight excluding hydrogens is 345 g/mol. The van der Waals surface area contributed by atoms with Crippen LogP contribution >= 0.6 is 0 Å². The zero-order chi connectivity index (χ0) is 19.1. The zero-order valence-electron chi connectivity index (χ0n) is 15.2. The van der Waals surface area contributed by atoms with Crippen LogP contribution in [-0.2, 0) is 16.6 Å². The Bertz CT molecular complexity index is 915. The SMILES string of the molecule is Cc1nc2cc3c(cc2o1)C[C@H]1N(C(=O)C(F)(F)F)CCC3(C)C1(C)C. The van der Waals surface area contributed by atoms with E-state index in [2.05, 4.69) is 11.9 Å². The number of benzene rings is 1. The second-order valence-corrected chi connectivity index (χ2v) is 8.23. The fraction of sp³-hybridized carbons (Fsp3) is 0.579. The maximum absolute atomic E-state index is 13.1. The minimum absolute atomic E-state index is 0.109. The molecule has 7 heteroatoms. The van der Waals surface area contributed by atoms with Gasteiger partial charge in [-0.05, 0) is 41.5 Å². The number of rotatable bonds is 0. The van der Waals surface area contributed by atoms with E-state index < -0.39 is 23.5 Å². The topological polar surface area (TPSA) is 46.3 Å². The smallest absolute Gasteiger partial charge is 0.441 e. The van der Waals surface area contributed by atoms with Crippen molar-refractivity contribution in [2.75, 3.05) is 6.54 Å². The summed E-state index contributed by atoms with van der Waals surface area (Å²) in [5.74, 6) is -1.18. The summed E-state index contributed by atoms with van der Waals surface area (Å²) in [4.78, 5) is 17.4. The predicted molar refractivity (Wildman–Crippen MR) is 89.8 cm³/mol. The molecule has 1 fully saturated rings. The van der Waals surface area contributed by atoms with Gasteiger partial charge in [0.2, 0.25) is 0 Å². The molecule has 4 nitrogen and oxygen atoms in total. The van der Waals surface area contributed by atoms with Gasteiger partial charge in [-0.2, -0.15) is 13.2 Å². The summed E-state index contributed by atoms with van der Waals surface area (Å²) in [6, 6.07) is 3.39. The summed E-state index contributed by atoms with van der Waals surface area (Å²) in [6.07, 6.45) is -3.99. The van der Waals surface area contributed by atoms with Gasteiger partial charge in [-0.25, -0.2) is 4.98 Å².